The number of nitrogens with zero attached hydrogens (tertiary/aromatic N) is 1. The van der Waals surface area contributed by atoms with Crippen LogP contribution in [0.3, 0.4) is 0 Å². The molecule has 0 spiro atoms. The van der Waals surface area contributed by atoms with Crippen molar-refractivity contribution in [2.24, 2.45) is 0 Å². The van der Waals surface area contributed by atoms with Crippen LogP contribution in [0.1, 0.15) is 24.8 Å². The van der Waals surface area contributed by atoms with Crippen LogP contribution in [0.2, 0.25) is 0 Å². The number of rotatable bonds is 7. The molecule has 21 heavy (non-hydrogen) atoms. The van der Waals surface area contributed by atoms with E-state index in [2.05, 4.69) is 5.32 Å². The lowest BCUT2D eigenvalue weighted by Gasteiger charge is -2.21. The second-order valence-corrected chi connectivity index (χ2v) is 5.17. The average molecular weight is 292 g/mol. The standard InChI is InChI=1S/C15H20N2O4/c18-10-9-17(13-6-7-13)15(21)16-12-4-1-11(2-5-12)3-8-14(19)20/h1-2,4-5,13,18H,3,6-10H2,(H,16,21)(H,19,20). The van der Waals surface area contributed by atoms with Gasteiger partial charge in [-0.1, -0.05) is 12.1 Å². The largest absolute Gasteiger partial charge is 0.481 e. The Hall–Kier alpha value is -2.08. The van der Waals surface area contributed by atoms with Gasteiger partial charge >= 0.3 is 12.0 Å². The molecule has 0 atom stereocenters. The zero-order valence-electron chi connectivity index (χ0n) is 11.8. The lowest BCUT2D eigenvalue weighted by Crippen LogP contribution is -2.38. The van der Waals surface area contributed by atoms with E-state index in [9.17, 15) is 9.59 Å². The molecule has 114 valence electrons. The SMILES string of the molecule is O=C(O)CCc1ccc(NC(=O)N(CCO)C2CC2)cc1. The number of aryl methyl sites for hydroxylation is 1. The van der Waals surface area contributed by atoms with Crippen LogP contribution in [-0.4, -0.2) is 46.3 Å². The number of anilines is 1. The molecule has 1 aliphatic rings. The Morgan fingerprint density at radius 3 is 2.43 bits per heavy atom. The third-order valence-corrected chi connectivity index (χ3v) is 3.42. The van der Waals surface area contributed by atoms with Crippen molar-refractivity contribution in [1.29, 1.82) is 0 Å². The highest BCUT2D eigenvalue weighted by molar-refractivity contribution is 5.89. The predicted molar refractivity (Wildman–Crippen MR) is 78.2 cm³/mol. The van der Waals surface area contributed by atoms with Crippen LogP contribution in [0.4, 0.5) is 10.5 Å². The van der Waals surface area contributed by atoms with Gasteiger partial charge in [-0.2, -0.15) is 0 Å². The van der Waals surface area contributed by atoms with Gasteiger partial charge in [0.25, 0.3) is 0 Å². The van der Waals surface area contributed by atoms with Gasteiger partial charge in [-0.05, 0) is 37.0 Å². The molecule has 0 aliphatic heterocycles. The minimum Gasteiger partial charge on any atom is -0.481 e. The van der Waals surface area contributed by atoms with Gasteiger partial charge in [-0.25, -0.2) is 4.79 Å². The van der Waals surface area contributed by atoms with Crippen LogP contribution in [0, 0.1) is 0 Å². The van der Waals surface area contributed by atoms with Crippen LogP contribution in [0.15, 0.2) is 24.3 Å². The Kier molecular flexibility index (Phi) is 5.16. The normalized spacial score (nSPS) is 13.8. The summed E-state index contributed by atoms with van der Waals surface area (Å²) in [6.07, 6.45) is 2.54. The zero-order chi connectivity index (χ0) is 15.2. The summed E-state index contributed by atoms with van der Waals surface area (Å²) in [6, 6.07) is 7.19. The first-order valence-electron chi connectivity index (χ1n) is 7.09. The highest BCUT2D eigenvalue weighted by atomic mass is 16.4. The van der Waals surface area contributed by atoms with Gasteiger partial charge in [-0.3, -0.25) is 4.79 Å². The van der Waals surface area contributed by atoms with Crippen molar-refractivity contribution < 1.29 is 19.8 Å². The molecule has 1 fully saturated rings. The second-order valence-electron chi connectivity index (χ2n) is 5.17. The molecular formula is C15H20N2O4. The lowest BCUT2D eigenvalue weighted by molar-refractivity contribution is -0.136. The van der Waals surface area contributed by atoms with Gasteiger partial charge in [0, 0.05) is 24.7 Å². The van der Waals surface area contributed by atoms with Crippen molar-refractivity contribution in [2.75, 3.05) is 18.5 Å². The Labute approximate surface area is 123 Å². The maximum absolute atomic E-state index is 12.1. The summed E-state index contributed by atoms with van der Waals surface area (Å²) in [5.74, 6) is -0.823. The number of carbonyl (C=O) groups is 2. The van der Waals surface area contributed by atoms with Gasteiger partial charge in [0.05, 0.1) is 6.61 Å². The fourth-order valence-corrected chi connectivity index (χ4v) is 2.15. The summed E-state index contributed by atoms with van der Waals surface area (Å²) >= 11 is 0. The van der Waals surface area contributed by atoms with E-state index in [0.29, 0.717) is 18.7 Å². The highest BCUT2D eigenvalue weighted by Crippen LogP contribution is 2.27. The summed E-state index contributed by atoms with van der Waals surface area (Å²) < 4.78 is 0. The highest BCUT2D eigenvalue weighted by Gasteiger charge is 2.32. The van der Waals surface area contributed by atoms with Crippen LogP contribution in [-0.2, 0) is 11.2 Å². The van der Waals surface area contributed by atoms with Gasteiger partial charge in [0.15, 0.2) is 0 Å². The molecule has 2 rings (SSSR count). The molecular weight excluding hydrogens is 272 g/mol. The quantitative estimate of drug-likeness (QED) is 0.713. The van der Waals surface area contributed by atoms with Crippen molar-refractivity contribution >= 4 is 17.7 Å². The van der Waals surface area contributed by atoms with E-state index in [1.165, 1.54) is 0 Å². The van der Waals surface area contributed by atoms with Crippen LogP contribution >= 0.6 is 0 Å². The molecule has 0 bridgehead atoms. The van der Waals surface area contributed by atoms with E-state index >= 15 is 0 Å². The maximum atomic E-state index is 12.1. The van der Waals surface area contributed by atoms with Crippen molar-refractivity contribution in [3.8, 4) is 0 Å². The van der Waals surface area contributed by atoms with Crippen molar-refractivity contribution in [3.05, 3.63) is 29.8 Å². The molecule has 1 aromatic rings. The van der Waals surface area contributed by atoms with Crippen molar-refractivity contribution in [3.63, 3.8) is 0 Å². The Balaban J connectivity index is 1.89. The third-order valence-electron chi connectivity index (χ3n) is 3.42. The van der Waals surface area contributed by atoms with Gasteiger partial charge in [-0.15, -0.1) is 0 Å². The van der Waals surface area contributed by atoms with E-state index < -0.39 is 5.97 Å². The van der Waals surface area contributed by atoms with E-state index in [1.54, 1.807) is 17.0 Å². The topological polar surface area (TPSA) is 89.9 Å². The molecule has 0 heterocycles. The van der Waals surface area contributed by atoms with E-state index in [0.717, 1.165) is 18.4 Å². The number of urea groups is 1. The number of carbonyl (C=O) groups excluding carboxylic acids is 1. The number of nitrogens with one attached hydrogen (secondary N) is 1. The molecule has 0 radical (unpaired) electrons. The monoisotopic (exact) mass is 292 g/mol. The molecule has 1 aliphatic carbocycles. The molecule has 1 saturated carbocycles. The number of hydrogen-bond donors (Lipinski definition) is 3. The van der Waals surface area contributed by atoms with E-state index in [-0.39, 0.29) is 25.1 Å². The lowest BCUT2D eigenvalue weighted by atomic mass is 10.1. The number of aliphatic hydroxyl groups excluding tert-OH is 1. The zero-order valence-corrected chi connectivity index (χ0v) is 11.8. The number of aliphatic hydroxyl groups is 1. The number of amides is 2. The third kappa shape index (κ3) is 4.75. The number of hydrogen-bond acceptors (Lipinski definition) is 3. The Bertz CT molecular complexity index is 497. The van der Waals surface area contributed by atoms with Gasteiger partial charge in [0.2, 0.25) is 0 Å². The summed E-state index contributed by atoms with van der Waals surface area (Å²) in [5, 5.41) is 20.4. The van der Waals surface area contributed by atoms with Crippen LogP contribution in [0.25, 0.3) is 0 Å². The molecule has 2 amide bonds. The maximum Gasteiger partial charge on any atom is 0.322 e. The molecule has 6 nitrogen and oxygen atoms in total. The summed E-state index contributed by atoms with van der Waals surface area (Å²) in [4.78, 5) is 24.3. The number of benzene rings is 1. The van der Waals surface area contributed by atoms with Crippen molar-refractivity contribution in [2.45, 2.75) is 31.7 Å². The number of carboxylic acid groups (broad SMARTS) is 1. The number of carboxylic acids is 1. The minimum absolute atomic E-state index is 0.0436. The van der Waals surface area contributed by atoms with Crippen molar-refractivity contribution in [1.82, 2.24) is 4.90 Å². The fourth-order valence-electron chi connectivity index (χ4n) is 2.15. The average Bonchev–Trinajstić information content (AvgIpc) is 3.28. The Morgan fingerprint density at radius 2 is 1.90 bits per heavy atom. The summed E-state index contributed by atoms with van der Waals surface area (Å²) in [7, 11) is 0. The van der Waals surface area contributed by atoms with E-state index in [1.807, 2.05) is 12.1 Å². The van der Waals surface area contributed by atoms with E-state index in [4.69, 9.17) is 10.2 Å². The first-order chi connectivity index (χ1) is 10.1. The molecule has 0 saturated heterocycles. The van der Waals surface area contributed by atoms with Crippen LogP contribution < -0.4 is 5.32 Å². The first kappa shape index (κ1) is 15.3. The molecule has 6 heteroatoms. The summed E-state index contributed by atoms with van der Waals surface area (Å²) in [6.45, 7) is 0.297. The predicted octanol–water partition coefficient (Wildman–Crippen LogP) is 1.69. The molecule has 0 aromatic heterocycles. The summed E-state index contributed by atoms with van der Waals surface area (Å²) in [5.41, 5.74) is 1.59. The van der Waals surface area contributed by atoms with Gasteiger partial charge < -0.3 is 20.4 Å². The number of aliphatic carboxylic acids is 1. The Morgan fingerprint density at radius 1 is 1.24 bits per heavy atom. The van der Waals surface area contributed by atoms with Crippen LogP contribution in [0.5, 0.6) is 0 Å². The molecule has 3 N–H and O–H groups in total. The second kappa shape index (κ2) is 7.08. The first-order valence-corrected chi connectivity index (χ1v) is 7.09. The fraction of sp³-hybridized carbons (Fsp3) is 0.467. The van der Waals surface area contributed by atoms with Gasteiger partial charge in [0.1, 0.15) is 0 Å². The minimum atomic E-state index is -0.823. The molecule has 1 aromatic carbocycles. The smallest absolute Gasteiger partial charge is 0.322 e. The molecule has 0 unspecified atom stereocenters.